The van der Waals surface area contributed by atoms with E-state index in [0.717, 1.165) is 5.92 Å². The third-order valence-electron chi connectivity index (χ3n) is 10.4. The van der Waals surface area contributed by atoms with Gasteiger partial charge in [-0.25, -0.2) is 0 Å². The number of hydrogen-bond acceptors (Lipinski definition) is 1. The van der Waals surface area contributed by atoms with Crippen molar-refractivity contribution >= 4 is 0 Å². The third-order valence-corrected chi connectivity index (χ3v) is 10.4. The average molecular weight is 590 g/mol. The van der Waals surface area contributed by atoms with Crippen molar-refractivity contribution in [3.05, 3.63) is 0 Å². The van der Waals surface area contributed by atoms with Crippen LogP contribution < -0.4 is 0 Å². The highest BCUT2D eigenvalue weighted by molar-refractivity contribution is 4.73. The Morgan fingerprint density at radius 2 is 0.690 bits per heavy atom. The fraction of sp³-hybridized carbons (Fsp3) is 1.00. The molecule has 1 rings (SSSR count). The summed E-state index contributed by atoms with van der Waals surface area (Å²) in [5.74, 6) is 1.01. The topological polar surface area (TPSA) is 3.24 Å². The van der Waals surface area contributed by atoms with E-state index in [1.807, 2.05) is 0 Å². The van der Waals surface area contributed by atoms with Crippen molar-refractivity contribution in [1.29, 1.82) is 0 Å². The SMILES string of the molecule is CCCCCCCCCCCCCCCCCCC1CCCN(CCCCCCCCCCCCCCCCCC)C1. The molecule has 1 aliphatic rings. The molecule has 1 nitrogen and oxygen atoms in total. The lowest BCUT2D eigenvalue weighted by Gasteiger charge is -2.32. The van der Waals surface area contributed by atoms with Crippen LogP contribution in [0, 0.1) is 5.92 Å². The molecule has 0 bridgehead atoms. The van der Waals surface area contributed by atoms with Gasteiger partial charge in [0, 0.05) is 6.54 Å². The van der Waals surface area contributed by atoms with Gasteiger partial charge in [0.15, 0.2) is 0 Å². The van der Waals surface area contributed by atoms with Crippen LogP contribution in [-0.2, 0) is 0 Å². The molecule has 0 aliphatic carbocycles. The van der Waals surface area contributed by atoms with Crippen LogP contribution in [0.15, 0.2) is 0 Å². The third kappa shape index (κ3) is 28.7. The fourth-order valence-electron chi connectivity index (χ4n) is 7.45. The minimum atomic E-state index is 1.01. The molecule has 0 N–H and O–H groups in total. The van der Waals surface area contributed by atoms with E-state index in [1.54, 1.807) is 0 Å². The summed E-state index contributed by atoms with van der Waals surface area (Å²) in [5, 5.41) is 0. The first kappa shape index (κ1) is 40.0. The van der Waals surface area contributed by atoms with E-state index in [0.29, 0.717) is 0 Å². The van der Waals surface area contributed by atoms with Gasteiger partial charge in [0.05, 0.1) is 0 Å². The summed E-state index contributed by atoms with van der Waals surface area (Å²) in [7, 11) is 0. The molecule has 1 fully saturated rings. The van der Waals surface area contributed by atoms with Crippen LogP contribution in [0.5, 0.6) is 0 Å². The second-order valence-electron chi connectivity index (χ2n) is 14.7. The van der Waals surface area contributed by atoms with Crippen LogP contribution in [0.4, 0.5) is 0 Å². The van der Waals surface area contributed by atoms with E-state index in [1.165, 1.54) is 244 Å². The number of unbranched alkanes of at least 4 members (excludes halogenated alkanes) is 30. The van der Waals surface area contributed by atoms with Crippen LogP contribution in [0.25, 0.3) is 0 Å². The van der Waals surface area contributed by atoms with Crippen LogP contribution >= 0.6 is 0 Å². The Morgan fingerprint density at radius 1 is 0.381 bits per heavy atom. The van der Waals surface area contributed by atoms with E-state index in [-0.39, 0.29) is 0 Å². The van der Waals surface area contributed by atoms with Crippen molar-refractivity contribution in [2.75, 3.05) is 19.6 Å². The molecular weight excluding hydrogens is 506 g/mol. The van der Waals surface area contributed by atoms with Gasteiger partial charge in [-0.1, -0.05) is 213 Å². The predicted octanol–water partition coefficient (Wildman–Crippen LogP) is 14.6. The molecule has 1 aliphatic heterocycles. The fourth-order valence-corrected chi connectivity index (χ4v) is 7.45. The summed E-state index contributed by atoms with van der Waals surface area (Å²) in [6.07, 6.45) is 51.7. The minimum Gasteiger partial charge on any atom is -0.303 e. The van der Waals surface area contributed by atoms with E-state index >= 15 is 0 Å². The number of hydrogen-bond donors (Lipinski definition) is 0. The molecule has 0 aromatic heterocycles. The van der Waals surface area contributed by atoms with Crippen molar-refractivity contribution < 1.29 is 0 Å². The van der Waals surface area contributed by atoms with Gasteiger partial charge in [-0.15, -0.1) is 0 Å². The lowest BCUT2D eigenvalue weighted by Crippen LogP contribution is -2.36. The predicted molar refractivity (Wildman–Crippen MR) is 193 cm³/mol. The zero-order chi connectivity index (χ0) is 30.0. The summed E-state index contributed by atoms with van der Waals surface area (Å²) in [6.45, 7) is 8.80. The summed E-state index contributed by atoms with van der Waals surface area (Å²) >= 11 is 0. The maximum Gasteiger partial charge on any atom is 0.000966 e. The van der Waals surface area contributed by atoms with Crippen molar-refractivity contribution in [1.82, 2.24) is 4.90 Å². The smallest absolute Gasteiger partial charge is 0.000966 e. The first-order valence-electron chi connectivity index (χ1n) is 20.6. The summed E-state index contributed by atoms with van der Waals surface area (Å²) in [5.41, 5.74) is 0. The molecule has 1 saturated heterocycles. The molecule has 0 saturated carbocycles. The van der Waals surface area contributed by atoms with Gasteiger partial charge in [0.1, 0.15) is 0 Å². The van der Waals surface area contributed by atoms with Crippen molar-refractivity contribution in [3.8, 4) is 0 Å². The number of likely N-dealkylation sites (tertiary alicyclic amines) is 1. The molecule has 1 heterocycles. The van der Waals surface area contributed by atoms with Gasteiger partial charge >= 0.3 is 0 Å². The van der Waals surface area contributed by atoms with Crippen molar-refractivity contribution in [3.63, 3.8) is 0 Å². The Balaban J connectivity index is 1.78. The molecule has 1 unspecified atom stereocenters. The molecule has 0 aromatic rings. The van der Waals surface area contributed by atoms with E-state index < -0.39 is 0 Å². The monoisotopic (exact) mass is 590 g/mol. The molecule has 0 radical (unpaired) electrons. The second-order valence-corrected chi connectivity index (χ2v) is 14.7. The lowest BCUT2D eigenvalue weighted by molar-refractivity contribution is 0.163. The van der Waals surface area contributed by atoms with Gasteiger partial charge in [-0.3, -0.25) is 0 Å². The molecule has 0 amide bonds. The normalized spacial score (nSPS) is 16.0. The summed E-state index contributed by atoms with van der Waals surface area (Å²) < 4.78 is 0. The van der Waals surface area contributed by atoms with Gasteiger partial charge in [0.25, 0.3) is 0 Å². The average Bonchev–Trinajstić information content (AvgIpc) is 3.01. The standard InChI is InChI=1S/C41H83N/c1-3-5-7-9-11-13-15-17-19-21-23-25-27-29-31-33-36-41-37-35-39-42(40-41)38-34-32-30-28-26-24-22-20-18-16-14-12-10-8-6-4-2/h41H,3-40H2,1-2H3. The largest absolute Gasteiger partial charge is 0.303 e. The minimum absolute atomic E-state index is 1.01. The number of piperidine rings is 1. The van der Waals surface area contributed by atoms with E-state index in [9.17, 15) is 0 Å². The Kier molecular flexibility index (Phi) is 32.2. The molecular formula is C41H83N. The van der Waals surface area contributed by atoms with Gasteiger partial charge in [-0.05, 0) is 44.7 Å². The highest BCUT2D eigenvalue weighted by atomic mass is 15.1. The van der Waals surface area contributed by atoms with Crippen LogP contribution in [0.2, 0.25) is 0 Å². The zero-order valence-electron chi connectivity index (χ0n) is 29.9. The molecule has 42 heavy (non-hydrogen) atoms. The van der Waals surface area contributed by atoms with Crippen molar-refractivity contribution in [2.45, 2.75) is 239 Å². The second kappa shape index (κ2) is 33.8. The molecule has 1 atom stereocenters. The number of rotatable bonds is 34. The molecule has 0 spiro atoms. The van der Waals surface area contributed by atoms with E-state index in [2.05, 4.69) is 18.7 Å². The lowest BCUT2D eigenvalue weighted by atomic mass is 9.92. The zero-order valence-corrected chi connectivity index (χ0v) is 29.9. The van der Waals surface area contributed by atoms with Gasteiger partial charge < -0.3 is 4.90 Å². The van der Waals surface area contributed by atoms with Crippen LogP contribution in [-0.4, -0.2) is 24.5 Å². The highest BCUT2D eigenvalue weighted by Crippen LogP contribution is 2.23. The van der Waals surface area contributed by atoms with Crippen molar-refractivity contribution in [2.24, 2.45) is 5.92 Å². The quantitative estimate of drug-likeness (QED) is 0.0675. The number of nitrogens with zero attached hydrogens (tertiary/aromatic N) is 1. The Bertz CT molecular complexity index is 445. The maximum atomic E-state index is 2.82. The van der Waals surface area contributed by atoms with Gasteiger partial charge in [0.2, 0.25) is 0 Å². The summed E-state index contributed by atoms with van der Waals surface area (Å²) in [4.78, 5) is 2.82. The highest BCUT2D eigenvalue weighted by Gasteiger charge is 2.18. The first-order valence-corrected chi connectivity index (χ1v) is 20.6. The molecule has 252 valence electrons. The first-order chi connectivity index (χ1) is 20.9. The van der Waals surface area contributed by atoms with Crippen LogP contribution in [0.3, 0.4) is 0 Å². The van der Waals surface area contributed by atoms with E-state index in [4.69, 9.17) is 0 Å². The Labute approximate surface area is 268 Å². The Hall–Kier alpha value is -0.0400. The summed E-state index contributed by atoms with van der Waals surface area (Å²) in [6, 6.07) is 0. The molecule has 1 heteroatoms. The Morgan fingerprint density at radius 3 is 1.05 bits per heavy atom. The van der Waals surface area contributed by atoms with Crippen LogP contribution in [0.1, 0.15) is 239 Å². The molecule has 0 aromatic carbocycles. The van der Waals surface area contributed by atoms with Gasteiger partial charge in [-0.2, -0.15) is 0 Å². The maximum absolute atomic E-state index is 2.82.